The van der Waals surface area contributed by atoms with Gasteiger partial charge in [-0.05, 0) is 55.3 Å². The maximum atomic E-state index is 13.7. The number of carbonyl (C=O) groups is 3. The molecule has 2 aromatic rings. The zero-order valence-corrected chi connectivity index (χ0v) is 19.6. The van der Waals surface area contributed by atoms with E-state index in [1.165, 1.54) is 18.2 Å². The van der Waals surface area contributed by atoms with Crippen LogP contribution in [-0.4, -0.2) is 35.7 Å². The number of alkyl halides is 3. The summed E-state index contributed by atoms with van der Waals surface area (Å²) in [6.45, 7) is 6.12. The number of nitrogens with one attached hydrogen (secondary N) is 2. The number of nitrogens with zero attached hydrogens (tertiary/aromatic N) is 1. The molecule has 2 N–H and O–H groups in total. The van der Waals surface area contributed by atoms with Gasteiger partial charge >= 0.3 is 6.18 Å². The third-order valence-corrected chi connectivity index (χ3v) is 5.74. The predicted octanol–water partition coefficient (Wildman–Crippen LogP) is 5.32. The summed E-state index contributed by atoms with van der Waals surface area (Å²) in [6, 6.07) is 7.63. The number of benzene rings is 2. The summed E-state index contributed by atoms with van der Waals surface area (Å²) in [4.78, 5) is 39.1. The van der Waals surface area contributed by atoms with Crippen molar-refractivity contribution in [3.05, 3.63) is 59.4 Å². The first kappa shape index (κ1) is 26.2. The molecular weight excluding hydrogens is 466 g/mol. The van der Waals surface area contributed by atoms with Gasteiger partial charge in [-0.2, -0.15) is 13.2 Å². The first-order valence-electron chi connectivity index (χ1n) is 11.1. The Labute approximate surface area is 200 Å². The fraction of sp³-hybridized carbons (Fsp3) is 0.400. The van der Waals surface area contributed by atoms with E-state index in [0.29, 0.717) is 25.9 Å². The molecule has 1 heterocycles. The van der Waals surface area contributed by atoms with Crippen LogP contribution in [0.3, 0.4) is 0 Å². The van der Waals surface area contributed by atoms with Crippen LogP contribution in [-0.2, 0) is 15.8 Å². The van der Waals surface area contributed by atoms with Gasteiger partial charge in [0.25, 0.3) is 5.91 Å². The lowest BCUT2D eigenvalue weighted by atomic mass is 9.90. The highest BCUT2D eigenvalue weighted by atomic mass is 19.4. The topological polar surface area (TPSA) is 78.5 Å². The number of rotatable bonds is 4. The number of piperidine rings is 1. The van der Waals surface area contributed by atoms with Gasteiger partial charge in [-0.1, -0.05) is 20.8 Å². The van der Waals surface area contributed by atoms with E-state index in [2.05, 4.69) is 10.6 Å². The summed E-state index contributed by atoms with van der Waals surface area (Å²) in [6.07, 6.45) is -4.09. The van der Waals surface area contributed by atoms with E-state index >= 15 is 0 Å². The standard InChI is InChI=1S/C25H27F4N3O3/c1-24(2,3)23(35)32-12-10-16(11-13-32)22(34)31-20-9-8-18(14-19(20)25(27,28)29)30-21(33)15-4-6-17(26)7-5-15/h4-9,14,16H,10-13H2,1-3H3,(H,30,33)(H,31,34). The average molecular weight is 494 g/mol. The molecular formula is C25H27F4N3O3. The monoisotopic (exact) mass is 493 g/mol. The van der Waals surface area contributed by atoms with E-state index in [4.69, 9.17) is 0 Å². The van der Waals surface area contributed by atoms with Crippen LogP contribution in [0.5, 0.6) is 0 Å². The second kappa shape index (κ2) is 10.1. The minimum Gasteiger partial charge on any atom is -0.342 e. The quantitative estimate of drug-likeness (QED) is 0.566. The summed E-state index contributed by atoms with van der Waals surface area (Å²) < 4.78 is 54.2. The molecule has 0 saturated carbocycles. The number of hydrogen-bond acceptors (Lipinski definition) is 3. The van der Waals surface area contributed by atoms with Crippen LogP contribution in [0.1, 0.15) is 49.5 Å². The number of amides is 3. The number of carbonyl (C=O) groups excluding carboxylic acids is 3. The molecule has 188 valence electrons. The van der Waals surface area contributed by atoms with Gasteiger partial charge < -0.3 is 15.5 Å². The van der Waals surface area contributed by atoms with Gasteiger partial charge in [0.05, 0.1) is 11.3 Å². The second-order valence-corrected chi connectivity index (χ2v) is 9.52. The van der Waals surface area contributed by atoms with Gasteiger partial charge in [-0.3, -0.25) is 14.4 Å². The maximum absolute atomic E-state index is 13.7. The highest BCUT2D eigenvalue weighted by Crippen LogP contribution is 2.37. The van der Waals surface area contributed by atoms with E-state index < -0.39 is 46.4 Å². The van der Waals surface area contributed by atoms with Gasteiger partial charge in [0.2, 0.25) is 11.8 Å². The molecule has 0 radical (unpaired) electrons. The van der Waals surface area contributed by atoms with Crippen LogP contribution in [0.15, 0.2) is 42.5 Å². The summed E-state index contributed by atoms with van der Waals surface area (Å²) in [5, 5.41) is 4.71. The van der Waals surface area contributed by atoms with Crippen LogP contribution in [0.25, 0.3) is 0 Å². The van der Waals surface area contributed by atoms with Crippen molar-refractivity contribution in [2.24, 2.45) is 11.3 Å². The summed E-state index contributed by atoms with van der Waals surface area (Å²) in [5.74, 6) is -2.37. The predicted molar refractivity (Wildman–Crippen MR) is 123 cm³/mol. The number of anilines is 2. The number of hydrogen-bond donors (Lipinski definition) is 2. The van der Waals surface area contributed by atoms with E-state index in [1.54, 1.807) is 25.7 Å². The average Bonchev–Trinajstić information content (AvgIpc) is 2.78. The Morgan fingerprint density at radius 3 is 2.06 bits per heavy atom. The van der Waals surface area contributed by atoms with Gasteiger partial charge in [0, 0.05) is 35.7 Å². The highest BCUT2D eigenvalue weighted by Gasteiger charge is 2.36. The number of halogens is 4. The zero-order chi connectivity index (χ0) is 26.0. The lowest BCUT2D eigenvalue weighted by molar-refractivity contribution is -0.142. The fourth-order valence-corrected chi connectivity index (χ4v) is 3.82. The van der Waals surface area contributed by atoms with Crippen molar-refractivity contribution in [2.75, 3.05) is 23.7 Å². The lowest BCUT2D eigenvalue weighted by Crippen LogP contribution is -2.45. The Balaban J connectivity index is 1.70. The molecule has 1 aliphatic heterocycles. The molecule has 3 amide bonds. The molecule has 0 bridgehead atoms. The van der Waals surface area contributed by atoms with Crippen molar-refractivity contribution in [3.8, 4) is 0 Å². The molecule has 2 aromatic carbocycles. The molecule has 0 aromatic heterocycles. The Hall–Kier alpha value is -3.43. The summed E-state index contributed by atoms with van der Waals surface area (Å²) in [5.41, 5.74) is -2.13. The third-order valence-electron chi connectivity index (χ3n) is 5.74. The van der Waals surface area contributed by atoms with Crippen molar-refractivity contribution in [2.45, 2.75) is 39.8 Å². The van der Waals surface area contributed by atoms with Crippen molar-refractivity contribution < 1.29 is 31.9 Å². The molecule has 1 aliphatic rings. The molecule has 0 aliphatic carbocycles. The Morgan fingerprint density at radius 1 is 0.914 bits per heavy atom. The number of likely N-dealkylation sites (tertiary alicyclic amines) is 1. The molecule has 6 nitrogen and oxygen atoms in total. The molecule has 1 fully saturated rings. The normalized spacial score (nSPS) is 15.0. The second-order valence-electron chi connectivity index (χ2n) is 9.52. The molecule has 0 spiro atoms. The van der Waals surface area contributed by atoms with Crippen molar-refractivity contribution in [1.29, 1.82) is 0 Å². The summed E-state index contributed by atoms with van der Waals surface area (Å²) in [7, 11) is 0. The molecule has 10 heteroatoms. The van der Waals surface area contributed by atoms with E-state index in [1.807, 2.05) is 0 Å². The molecule has 0 unspecified atom stereocenters. The van der Waals surface area contributed by atoms with Gasteiger partial charge in [-0.15, -0.1) is 0 Å². The van der Waals surface area contributed by atoms with E-state index in [9.17, 15) is 31.9 Å². The Bertz CT molecular complexity index is 1100. The van der Waals surface area contributed by atoms with Crippen LogP contribution < -0.4 is 10.6 Å². The molecule has 3 rings (SSSR count). The molecule has 0 atom stereocenters. The largest absolute Gasteiger partial charge is 0.418 e. The first-order chi connectivity index (χ1) is 16.3. The highest BCUT2D eigenvalue weighted by molar-refractivity contribution is 6.04. The van der Waals surface area contributed by atoms with E-state index in [0.717, 1.165) is 24.3 Å². The van der Waals surface area contributed by atoms with Gasteiger partial charge in [-0.25, -0.2) is 4.39 Å². The van der Waals surface area contributed by atoms with Crippen molar-refractivity contribution >= 4 is 29.1 Å². The smallest absolute Gasteiger partial charge is 0.342 e. The Kier molecular flexibility index (Phi) is 7.52. The molecule has 1 saturated heterocycles. The van der Waals surface area contributed by atoms with Crippen LogP contribution >= 0.6 is 0 Å². The van der Waals surface area contributed by atoms with Gasteiger partial charge in [0.1, 0.15) is 5.82 Å². The maximum Gasteiger partial charge on any atom is 0.418 e. The molecule has 35 heavy (non-hydrogen) atoms. The van der Waals surface area contributed by atoms with Gasteiger partial charge in [0.15, 0.2) is 0 Å². The SMILES string of the molecule is CC(C)(C)C(=O)N1CCC(C(=O)Nc2ccc(NC(=O)c3ccc(F)cc3)cc2C(F)(F)F)CC1. The van der Waals surface area contributed by atoms with Crippen molar-refractivity contribution in [3.63, 3.8) is 0 Å². The fourth-order valence-electron chi connectivity index (χ4n) is 3.82. The summed E-state index contributed by atoms with van der Waals surface area (Å²) >= 11 is 0. The minimum absolute atomic E-state index is 0.0333. The van der Waals surface area contributed by atoms with Crippen molar-refractivity contribution in [1.82, 2.24) is 4.90 Å². The van der Waals surface area contributed by atoms with Crippen LogP contribution in [0.4, 0.5) is 28.9 Å². The minimum atomic E-state index is -4.79. The van der Waals surface area contributed by atoms with Crippen LogP contribution in [0.2, 0.25) is 0 Å². The van der Waals surface area contributed by atoms with Crippen LogP contribution in [0, 0.1) is 17.2 Å². The zero-order valence-electron chi connectivity index (χ0n) is 19.6. The Morgan fingerprint density at radius 2 is 1.51 bits per heavy atom. The lowest BCUT2D eigenvalue weighted by Gasteiger charge is -2.35. The third kappa shape index (κ3) is 6.58. The van der Waals surface area contributed by atoms with E-state index in [-0.39, 0.29) is 17.2 Å². The first-order valence-corrected chi connectivity index (χ1v) is 11.1.